The molecule has 0 bridgehead atoms. The minimum Gasteiger partial charge on any atom is -0.497 e. The largest absolute Gasteiger partial charge is 0.497 e. The van der Waals surface area contributed by atoms with Crippen molar-refractivity contribution in [2.75, 3.05) is 7.11 Å². The third kappa shape index (κ3) is 3.62. The maximum absolute atomic E-state index is 9.17. The van der Waals surface area contributed by atoms with E-state index in [2.05, 4.69) is 0 Å². The van der Waals surface area contributed by atoms with Crippen molar-refractivity contribution < 1.29 is 4.74 Å². The first-order valence-electron chi connectivity index (χ1n) is 6.70. The maximum Gasteiger partial charge on any atom is 0.137 e. The van der Waals surface area contributed by atoms with Crippen LogP contribution in [-0.4, -0.2) is 7.11 Å². The van der Waals surface area contributed by atoms with E-state index in [1.165, 1.54) is 0 Å². The summed E-state index contributed by atoms with van der Waals surface area (Å²) in [6.07, 6.45) is 3.67. The van der Waals surface area contributed by atoms with Gasteiger partial charge in [-0.2, -0.15) is 10.5 Å². The Morgan fingerprint density at radius 1 is 0.955 bits per heavy atom. The zero-order valence-corrected chi connectivity index (χ0v) is 12.2. The maximum atomic E-state index is 9.17. The molecule has 2 aromatic rings. The van der Waals surface area contributed by atoms with Crippen molar-refractivity contribution in [2.45, 2.75) is 0 Å². The minimum atomic E-state index is 0.0809. The standard InChI is InChI=1S/C19H14N2O/c1-22-18-10-8-16(9-11-18)19(17(13-20)14-21)12-7-15-5-3-2-4-6-15/h2-12H,1H3. The van der Waals surface area contributed by atoms with E-state index in [0.717, 1.165) is 16.9 Å². The summed E-state index contributed by atoms with van der Waals surface area (Å²) in [6.45, 7) is 0. The van der Waals surface area contributed by atoms with Gasteiger partial charge in [-0.15, -0.1) is 0 Å². The Morgan fingerprint density at radius 2 is 1.59 bits per heavy atom. The molecule has 22 heavy (non-hydrogen) atoms. The lowest BCUT2D eigenvalue weighted by Gasteiger charge is -2.05. The quantitative estimate of drug-likeness (QED) is 0.625. The van der Waals surface area contributed by atoms with Gasteiger partial charge < -0.3 is 4.74 Å². The van der Waals surface area contributed by atoms with Gasteiger partial charge in [0.2, 0.25) is 0 Å². The lowest BCUT2D eigenvalue weighted by molar-refractivity contribution is 0.415. The summed E-state index contributed by atoms with van der Waals surface area (Å²) in [4.78, 5) is 0. The summed E-state index contributed by atoms with van der Waals surface area (Å²) in [5.41, 5.74) is 2.48. The first-order valence-corrected chi connectivity index (χ1v) is 6.70. The Bertz CT molecular complexity index is 757. The van der Waals surface area contributed by atoms with E-state index in [0.29, 0.717) is 5.57 Å². The predicted octanol–water partition coefficient (Wildman–Crippen LogP) is 4.21. The van der Waals surface area contributed by atoms with Crippen LogP contribution < -0.4 is 4.74 Å². The number of benzene rings is 2. The van der Waals surface area contributed by atoms with Gasteiger partial charge in [-0.25, -0.2) is 0 Å². The second-order valence-electron chi connectivity index (χ2n) is 4.48. The smallest absolute Gasteiger partial charge is 0.137 e. The fourth-order valence-electron chi connectivity index (χ4n) is 1.98. The van der Waals surface area contributed by atoms with Gasteiger partial charge in [0.25, 0.3) is 0 Å². The first-order chi connectivity index (χ1) is 10.8. The molecule has 0 N–H and O–H groups in total. The third-order valence-corrected chi connectivity index (χ3v) is 3.14. The topological polar surface area (TPSA) is 56.8 Å². The monoisotopic (exact) mass is 286 g/mol. The number of rotatable bonds is 4. The lowest BCUT2D eigenvalue weighted by atomic mass is 9.99. The fraction of sp³-hybridized carbons (Fsp3) is 0.0526. The molecule has 0 aromatic heterocycles. The zero-order valence-electron chi connectivity index (χ0n) is 12.2. The molecule has 0 saturated heterocycles. The molecule has 3 nitrogen and oxygen atoms in total. The van der Waals surface area contributed by atoms with Crippen LogP contribution in [0.15, 0.2) is 66.2 Å². The van der Waals surface area contributed by atoms with Crippen LogP contribution in [0, 0.1) is 22.7 Å². The molecule has 0 atom stereocenters. The number of hydrogen-bond acceptors (Lipinski definition) is 3. The van der Waals surface area contributed by atoms with E-state index in [1.54, 1.807) is 25.3 Å². The molecule has 0 saturated carbocycles. The molecule has 0 unspecified atom stereocenters. The predicted molar refractivity (Wildman–Crippen MR) is 86.6 cm³/mol. The molecular formula is C19H14N2O. The highest BCUT2D eigenvalue weighted by Crippen LogP contribution is 2.23. The number of nitriles is 2. The first kappa shape index (κ1) is 15.1. The average molecular weight is 286 g/mol. The molecule has 0 radical (unpaired) electrons. The van der Waals surface area contributed by atoms with Crippen molar-refractivity contribution in [2.24, 2.45) is 0 Å². The average Bonchev–Trinajstić information content (AvgIpc) is 2.59. The molecule has 0 heterocycles. The van der Waals surface area contributed by atoms with E-state index in [9.17, 15) is 0 Å². The molecule has 2 rings (SSSR count). The van der Waals surface area contributed by atoms with Crippen molar-refractivity contribution in [3.63, 3.8) is 0 Å². The van der Waals surface area contributed by atoms with Gasteiger partial charge in [-0.1, -0.05) is 54.6 Å². The van der Waals surface area contributed by atoms with Crippen LogP contribution >= 0.6 is 0 Å². The van der Waals surface area contributed by atoms with Crippen molar-refractivity contribution in [1.29, 1.82) is 10.5 Å². The van der Waals surface area contributed by atoms with Gasteiger partial charge in [0.1, 0.15) is 23.5 Å². The van der Waals surface area contributed by atoms with Gasteiger partial charge >= 0.3 is 0 Å². The summed E-state index contributed by atoms with van der Waals surface area (Å²) < 4.78 is 5.13. The molecule has 3 heteroatoms. The Kier molecular flexibility index (Phi) is 5.13. The Morgan fingerprint density at radius 3 is 2.14 bits per heavy atom. The molecule has 0 spiro atoms. The summed E-state index contributed by atoms with van der Waals surface area (Å²) in [6, 6.07) is 20.9. The summed E-state index contributed by atoms with van der Waals surface area (Å²) in [7, 11) is 1.59. The normalized spacial score (nSPS) is 9.77. The number of allylic oxidation sites excluding steroid dienone is 3. The van der Waals surface area contributed by atoms with Gasteiger partial charge in [0, 0.05) is 5.57 Å². The Balaban J connectivity index is 2.45. The highest BCUT2D eigenvalue weighted by atomic mass is 16.5. The molecule has 0 amide bonds. The van der Waals surface area contributed by atoms with E-state index in [1.807, 2.05) is 60.7 Å². The minimum absolute atomic E-state index is 0.0809. The van der Waals surface area contributed by atoms with Gasteiger partial charge in [-0.05, 0) is 23.3 Å². The van der Waals surface area contributed by atoms with E-state index in [4.69, 9.17) is 15.3 Å². The van der Waals surface area contributed by atoms with Crippen LogP contribution in [0.25, 0.3) is 11.6 Å². The van der Waals surface area contributed by atoms with Crippen LogP contribution in [0.1, 0.15) is 11.1 Å². The van der Waals surface area contributed by atoms with Crippen molar-refractivity contribution in [3.05, 3.63) is 77.4 Å². The Labute approximate surface area is 130 Å². The van der Waals surface area contributed by atoms with Crippen LogP contribution in [0.4, 0.5) is 0 Å². The van der Waals surface area contributed by atoms with Gasteiger partial charge in [0.05, 0.1) is 7.11 Å². The number of methoxy groups -OCH3 is 1. The summed E-state index contributed by atoms with van der Waals surface area (Å²) in [5.74, 6) is 0.727. The molecule has 106 valence electrons. The van der Waals surface area contributed by atoms with Crippen molar-refractivity contribution in [1.82, 2.24) is 0 Å². The number of ether oxygens (including phenoxy) is 1. The third-order valence-electron chi connectivity index (χ3n) is 3.14. The summed E-state index contributed by atoms with van der Waals surface area (Å²) >= 11 is 0. The number of nitrogens with zero attached hydrogens (tertiary/aromatic N) is 2. The zero-order chi connectivity index (χ0) is 15.8. The molecule has 0 aliphatic heterocycles. The SMILES string of the molecule is COc1ccc(C(C=Cc2ccccc2)=C(C#N)C#N)cc1. The van der Waals surface area contributed by atoms with Crippen molar-refractivity contribution in [3.8, 4) is 17.9 Å². The fourth-order valence-corrected chi connectivity index (χ4v) is 1.98. The molecule has 0 aliphatic rings. The van der Waals surface area contributed by atoms with Crippen LogP contribution in [-0.2, 0) is 0 Å². The van der Waals surface area contributed by atoms with Gasteiger partial charge in [0.15, 0.2) is 0 Å². The highest BCUT2D eigenvalue weighted by molar-refractivity contribution is 5.85. The molecule has 2 aromatic carbocycles. The second-order valence-corrected chi connectivity index (χ2v) is 4.48. The van der Waals surface area contributed by atoms with E-state index < -0.39 is 0 Å². The Hall–Kier alpha value is -3.30. The highest BCUT2D eigenvalue weighted by Gasteiger charge is 2.06. The summed E-state index contributed by atoms with van der Waals surface area (Å²) in [5, 5.41) is 18.3. The lowest BCUT2D eigenvalue weighted by Crippen LogP contribution is -1.88. The van der Waals surface area contributed by atoms with E-state index >= 15 is 0 Å². The molecule has 0 fully saturated rings. The second kappa shape index (κ2) is 7.47. The van der Waals surface area contributed by atoms with Crippen LogP contribution in [0.2, 0.25) is 0 Å². The van der Waals surface area contributed by atoms with E-state index in [-0.39, 0.29) is 5.57 Å². The van der Waals surface area contributed by atoms with Crippen LogP contribution in [0.5, 0.6) is 5.75 Å². The molecule has 0 aliphatic carbocycles. The molecular weight excluding hydrogens is 272 g/mol. The number of hydrogen-bond donors (Lipinski definition) is 0. The van der Waals surface area contributed by atoms with Gasteiger partial charge in [-0.3, -0.25) is 0 Å². The van der Waals surface area contributed by atoms with Crippen LogP contribution in [0.3, 0.4) is 0 Å². The van der Waals surface area contributed by atoms with Crippen molar-refractivity contribution >= 4 is 11.6 Å².